The Morgan fingerprint density at radius 1 is 1.25 bits per heavy atom. The van der Waals surface area contributed by atoms with Crippen LogP contribution in [0.25, 0.3) is 10.9 Å². The van der Waals surface area contributed by atoms with Crippen LogP contribution in [0.1, 0.15) is 30.9 Å². The highest BCUT2D eigenvalue weighted by Crippen LogP contribution is 2.33. The van der Waals surface area contributed by atoms with E-state index in [0.29, 0.717) is 30.2 Å². The molecule has 36 heavy (non-hydrogen) atoms. The molecule has 1 saturated heterocycles. The van der Waals surface area contributed by atoms with Crippen molar-refractivity contribution in [2.24, 2.45) is 17.6 Å². The van der Waals surface area contributed by atoms with Crippen LogP contribution in [0.4, 0.5) is 8.78 Å². The monoisotopic (exact) mass is 515 g/mol. The summed E-state index contributed by atoms with van der Waals surface area (Å²) in [5.74, 6) is -1.05. The van der Waals surface area contributed by atoms with Gasteiger partial charge >= 0.3 is 5.97 Å². The molecule has 1 unspecified atom stereocenters. The zero-order chi connectivity index (χ0) is 25.7. The molecule has 0 radical (unpaired) electrons. The lowest BCUT2D eigenvalue weighted by Crippen LogP contribution is -2.44. The van der Waals surface area contributed by atoms with E-state index >= 15 is 0 Å². The van der Waals surface area contributed by atoms with E-state index < -0.39 is 23.5 Å². The molecule has 1 aliphatic rings. The van der Waals surface area contributed by atoms with E-state index in [1.54, 1.807) is 13.3 Å². The molecule has 0 aliphatic carbocycles. The number of fused-ring (bicyclic) bond motifs is 1. The van der Waals surface area contributed by atoms with Crippen LogP contribution < -0.4 is 10.5 Å². The summed E-state index contributed by atoms with van der Waals surface area (Å²) in [7, 11) is 1.62. The van der Waals surface area contributed by atoms with E-state index in [0.717, 1.165) is 47.7 Å². The molecule has 1 fully saturated rings. The second kappa shape index (κ2) is 12.0. The number of ether oxygens (including phenoxy) is 1. The molecule has 9 heteroatoms. The smallest absolute Gasteiger partial charge is 0.308 e. The fourth-order valence-corrected chi connectivity index (χ4v) is 5.92. The maximum absolute atomic E-state index is 13.4. The zero-order valence-corrected chi connectivity index (χ0v) is 21.0. The Hall–Kier alpha value is -2.75. The van der Waals surface area contributed by atoms with Gasteiger partial charge in [-0.1, -0.05) is 0 Å². The van der Waals surface area contributed by atoms with Gasteiger partial charge < -0.3 is 20.5 Å². The summed E-state index contributed by atoms with van der Waals surface area (Å²) >= 11 is 1.37. The number of nitrogens with zero attached hydrogens (tertiary/aromatic N) is 2. The number of rotatable bonds is 10. The van der Waals surface area contributed by atoms with Crippen LogP contribution in [-0.4, -0.2) is 53.5 Å². The second-order valence-corrected chi connectivity index (χ2v) is 10.4. The van der Waals surface area contributed by atoms with Gasteiger partial charge in [-0.25, -0.2) is 8.78 Å². The molecule has 4 rings (SSSR count). The maximum Gasteiger partial charge on any atom is 0.308 e. The Morgan fingerprint density at radius 2 is 2.03 bits per heavy atom. The number of thioether (sulfide) groups is 1. The molecule has 192 valence electrons. The number of aromatic nitrogens is 1. The van der Waals surface area contributed by atoms with Crippen molar-refractivity contribution in [3.8, 4) is 5.75 Å². The Labute approximate surface area is 213 Å². The van der Waals surface area contributed by atoms with Crippen molar-refractivity contribution in [3.05, 3.63) is 65.9 Å². The summed E-state index contributed by atoms with van der Waals surface area (Å²) in [6.45, 7) is 1.91. The third-order valence-electron chi connectivity index (χ3n) is 6.90. The van der Waals surface area contributed by atoms with Crippen molar-refractivity contribution in [2.45, 2.75) is 30.2 Å². The van der Waals surface area contributed by atoms with Gasteiger partial charge in [0.1, 0.15) is 17.4 Å². The van der Waals surface area contributed by atoms with Crippen LogP contribution in [0.15, 0.2) is 53.6 Å². The van der Waals surface area contributed by atoms with Gasteiger partial charge in [0.25, 0.3) is 0 Å². The molecule has 1 aliphatic heterocycles. The van der Waals surface area contributed by atoms with Gasteiger partial charge in [-0.15, -0.1) is 11.8 Å². The van der Waals surface area contributed by atoms with Crippen molar-refractivity contribution in [2.75, 3.05) is 32.5 Å². The van der Waals surface area contributed by atoms with Crippen molar-refractivity contribution in [1.29, 1.82) is 0 Å². The van der Waals surface area contributed by atoms with Crippen molar-refractivity contribution < 1.29 is 23.4 Å². The molecule has 1 aromatic heterocycles. The summed E-state index contributed by atoms with van der Waals surface area (Å²) in [4.78, 5) is 19.1. The number of hydrogen-bond donors (Lipinski definition) is 2. The average molecular weight is 516 g/mol. The number of carboxylic acid groups (broad SMARTS) is 1. The number of carboxylic acids is 1. The summed E-state index contributed by atoms with van der Waals surface area (Å²) in [6, 6.07) is 10.9. The topological polar surface area (TPSA) is 88.7 Å². The molecule has 0 saturated carbocycles. The Kier molecular flexibility index (Phi) is 8.77. The first-order valence-electron chi connectivity index (χ1n) is 12.1. The molecule has 0 amide bonds. The molecule has 2 aromatic carbocycles. The summed E-state index contributed by atoms with van der Waals surface area (Å²) < 4.78 is 32.1. The van der Waals surface area contributed by atoms with Crippen LogP contribution in [-0.2, 0) is 4.79 Å². The first kappa shape index (κ1) is 26.3. The Balaban J connectivity index is 1.33. The average Bonchev–Trinajstić information content (AvgIpc) is 2.86. The normalized spacial score (nSPS) is 19.3. The van der Waals surface area contributed by atoms with Crippen molar-refractivity contribution in [1.82, 2.24) is 9.88 Å². The third kappa shape index (κ3) is 6.52. The van der Waals surface area contributed by atoms with Gasteiger partial charge in [0.05, 0.1) is 18.5 Å². The lowest BCUT2D eigenvalue weighted by atomic mass is 9.81. The first-order chi connectivity index (χ1) is 17.3. The van der Waals surface area contributed by atoms with E-state index in [2.05, 4.69) is 9.88 Å². The Morgan fingerprint density at radius 3 is 2.75 bits per heavy atom. The molecular formula is C27H31F2N3O3S. The zero-order valence-electron chi connectivity index (χ0n) is 20.2. The molecule has 3 N–H and O–H groups in total. The van der Waals surface area contributed by atoms with Gasteiger partial charge in [0.15, 0.2) is 0 Å². The first-order valence-corrected chi connectivity index (χ1v) is 13.0. The summed E-state index contributed by atoms with van der Waals surface area (Å²) in [5, 5.41) is 10.9. The molecular weight excluding hydrogens is 484 g/mol. The lowest BCUT2D eigenvalue weighted by Gasteiger charge is -2.37. The van der Waals surface area contributed by atoms with Gasteiger partial charge in [-0.2, -0.15) is 0 Å². The van der Waals surface area contributed by atoms with Gasteiger partial charge in [-0.05, 0) is 73.7 Å². The summed E-state index contributed by atoms with van der Waals surface area (Å²) in [6.07, 6.45) is 3.91. The van der Waals surface area contributed by atoms with E-state index in [9.17, 15) is 18.7 Å². The number of nitrogens with two attached hydrogens (primary N) is 1. The highest BCUT2D eigenvalue weighted by Gasteiger charge is 2.34. The standard InChI is InChI=1S/C27H31F2N3O3S/c1-35-20-3-5-26-23(15-20)22(6-8-31-26)25(30)4-2-17-7-9-32(16-24(17)27(33)34)10-11-36-21-13-18(28)12-19(29)14-21/h3,5-6,8,12-15,17,24-25H,2,4,7,9-11,16,30H2,1H3,(H,33,34)/t17-,24+,25?/m1/s1. The number of halogens is 2. The van der Waals surface area contributed by atoms with Crippen LogP contribution in [0, 0.1) is 23.5 Å². The van der Waals surface area contributed by atoms with Crippen LogP contribution in [0.3, 0.4) is 0 Å². The van der Waals surface area contributed by atoms with Crippen molar-refractivity contribution >= 4 is 28.6 Å². The number of methoxy groups -OCH3 is 1. The molecule has 0 spiro atoms. The molecule has 3 aromatic rings. The number of aliphatic carboxylic acids is 1. The number of benzene rings is 2. The molecule has 3 atom stereocenters. The Bertz CT molecular complexity index is 1190. The molecule has 6 nitrogen and oxygen atoms in total. The minimum atomic E-state index is -0.794. The number of pyridine rings is 1. The lowest BCUT2D eigenvalue weighted by molar-refractivity contribution is -0.146. The van der Waals surface area contributed by atoms with Gasteiger partial charge in [-0.3, -0.25) is 9.78 Å². The number of hydrogen-bond acceptors (Lipinski definition) is 6. The van der Waals surface area contributed by atoms with E-state index in [1.165, 1.54) is 23.9 Å². The number of piperidine rings is 1. The number of carbonyl (C=O) groups is 1. The quantitative estimate of drug-likeness (QED) is 0.363. The largest absolute Gasteiger partial charge is 0.497 e. The maximum atomic E-state index is 13.4. The van der Waals surface area contributed by atoms with Crippen LogP contribution >= 0.6 is 11.8 Å². The summed E-state index contributed by atoms with van der Waals surface area (Å²) in [5.41, 5.74) is 8.41. The minimum absolute atomic E-state index is 0.0393. The van der Waals surface area contributed by atoms with E-state index in [4.69, 9.17) is 10.5 Å². The molecule has 0 bridgehead atoms. The predicted octanol–water partition coefficient (Wildman–Crippen LogP) is 5.12. The fourth-order valence-electron chi connectivity index (χ4n) is 4.95. The van der Waals surface area contributed by atoms with Crippen molar-refractivity contribution in [3.63, 3.8) is 0 Å². The highest BCUT2D eigenvalue weighted by atomic mass is 32.2. The van der Waals surface area contributed by atoms with Crippen LogP contribution in [0.2, 0.25) is 0 Å². The highest BCUT2D eigenvalue weighted by molar-refractivity contribution is 7.99. The van der Waals surface area contributed by atoms with Gasteiger partial charge in [0, 0.05) is 47.4 Å². The fraction of sp³-hybridized carbons (Fsp3) is 0.407. The molecule has 2 heterocycles. The minimum Gasteiger partial charge on any atom is -0.497 e. The second-order valence-electron chi connectivity index (χ2n) is 9.21. The SMILES string of the molecule is COc1ccc2nccc(C(N)CC[C@@H]3CCN(CCSc4cc(F)cc(F)c4)C[C@@H]3C(=O)O)c2c1. The van der Waals surface area contributed by atoms with Gasteiger partial charge in [0.2, 0.25) is 0 Å². The number of likely N-dealkylation sites (tertiary alicyclic amines) is 1. The van der Waals surface area contributed by atoms with E-state index in [-0.39, 0.29) is 12.0 Å². The van der Waals surface area contributed by atoms with Crippen LogP contribution in [0.5, 0.6) is 5.75 Å². The predicted molar refractivity (Wildman–Crippen MR) is 137 cm³/mol. The van der Waals surface area contributed by atoms with E-state index in [1.807, 2.05) is 24.3 Å². The third-order valence-corrected chi connectivity index (χ3v) is 7.86.